The lowest BCUT2D eigenvalue weighted by Gasteiger charge is -2.25. The zero-order chi connectivity index (χ0) is 54.6. The van der Waals surface area contributed by atoms with E-state index in [0.717, 1.165) is 0 Å². The Kier molecular flexibility index (Phi) is 12.9. The van der Waals surface area contributed by atoms with Crippen molar-refractivity contribution in [3.8, 4) is 0 Å². The van der Waals surface area contributed by atoms with Crippen LogP contribution in [0, 0.1) is 0 Å². The zero-order valence-corrected chi connectivity index (χ0v) is 46.4. The third-order valence-corrected chi connectivity index (χ3v) is 15.3. The number of H-pyrrole nitrogens is 2. The van der Waals surface area contributed by atoms with Crippen LogP contribution in [0.4, 0.5) is 0 Å². The molecule has 7 fully saturated rings. The number of aromatic nitrogens is 4. The Balaban J connectivity index is 1.17. The van der Waals surface area contributed by atoms with Crippen LogP contribution >= 0.6 is 0 Å². The lowest BCUT2D eigenvalue weighted by molar-refractivity contribution is -0.174. The highest BCUT2D eigenvalue weighted by Crippen LogP contribution is 2.51. The summed E-state index contributed by atoms with van der Waals surface area (Å²) < 4.78 is 92.4. The maximum Gasteiger partial charge on any atom is 0.164 e. The molecule has 1 unspecified atom stereocenters. The van der Waals surface area contributed by atoms with Gasteiger partial charge in [-0.05, 0) is 146 Å². The van der Waals surface area contributed by atoms with Crippen molar-refractivity contribution < 1.29 is 76.5 Å². The molecule has 0 spiro atoms. The second-order valence-electron chi connectivity index (χ2n) is 24.6. The van der Waals surface area contributed by atoms with Gasteiger partial charge in [0.25, 0.3) is 0 Å². The molecular formula is C57H74N4O16. The summed E-state index contributed by atoms with van der Waals surface area (Å²) in [6.45, 7) is 26.4. The smallest absolute Gasteiger partial charge is 0.164 e. The Labute approximate surface area is 447 Å². The zero-order valence-electron chi connectivity index (χ0n) is 46.4. The summed E-state index contributed by atoms with van der Waals surface area (Å²) in [5.41, 5.74) is 7.44. The quantitative estimate of drug-likeness (QED) is 0.109. The number of aromatic amines is 2. The fourth-order valence-electron chi connectivity index (χ4n) is 12.4. The molecule has 0 aliphatic carbocycles. The standard InChI is InChI=1S/C57H74N4O16/c1-51(2)64-24-36(67-51)44-48(75-55(9,10)71-44)40-29-17-15-27(58-29)39(47-43(35(63)23-62)70-54(7,8)74-47)28-16-18-30(59-28)41(49-45(72-56(11,12)76-49)37-25-65-52(3,4)68-37)32-20-22-34(61-32)42(33-21-19-31(40)60-33)50-46(73-57(13,14)77-50)38-26-66-53(5,6)69-38/h15-22,35-38,43-50,58-59,62-63H,23-26H2,1-14H3/t35?,36-,37-,38-,43+,44+,45+,46+,47+,48+,49+,50+/m0/s1. The van der Waals surface area contributed by atoms with Crippen molar-refractivity contribution in [2.45, 2.75) is 211 Å². The van der Waals surface area contributed by atoms with E-state index in [1.54, 1.807) is 13.8 Å². The van der Waals surface area contributed by atoms with E-state index in [2.05, 4.69) is 9.97 Å². The van der Waals surface area contributed by atoms with Gasteiger partial charge in [-0.25, -0.2) is 9.97 Å². The van der Waals surface area contributed by atoms with Crippen molar-refractivity contribution in [3.63, 3.8) is 0 Å². The highest BCUT2D eigenvalue weighted by atomic mass is 16.8. The van der Waals surface area contributed by atoms with Gasteiger partial charge in [0.1, 0.15) is 73.2 Å². The third-order valence-electron chi connectivity index (χ3n) is 15.3. The first-order valence-corrected chi connectivity index (χ1v) is 26.9. The molecule has 12 atom stereocenters. The molecule has 9 aliphatic heterocycles. The maximum atomic E-state index is 11.5. The van der Waals surface area contributed by atoms with Crippen molar-refractivity contribution in [2.24, 2.45) is 0 Å². The molecule has 0 aromatic carbocycles. The summed E-state index contributed by atoms with van der Waals surface area (Å²) >= 11 is 0. The van der Waals surface area contributed by atoms with Crippen molar-refractivity contribution in [2.75, 3.05) is 26.4 Å². The van der Waals surface area contributed by atoms with Crippen LogP contribution in [-0.2, 0) is 66.3 Å². The first-order chi connectivity index (χ1) is 36.1. The first-order valence-electron chi connectivity index (χ1n) is 26.9. The van der Waals surface area contributed by atoms with Crippen molar-refractivity contribution in [3.05, 3.63) is 69.3 Å². The molecule has 8 bridgehead atoms. The molecule has 0 radical (unpaired) electrons. The number of nitrogens with zero attached hydrogens (tertiary/aromatic N) is 2. The van der Waals surface area contributed by atoms with Gasteiger partial charge in [-0.2, -0.15) is 0 Å². The topological polar surface area (TPSA) is 227 Å². The highest BCUT2D eigenvalue weighted by Gasteiger charge is 2.55. The number of ether oxygens (including phenoxy) is 14. The Morgan fingerprint density at radius 1 is 0.416 bits per heavy atom. The van der Waals surface area contributed by atoms with Crippen LogP contribution in [0.3, 0.4) is 0 Å². The molecule has 20 nitrogen and oxygen atoms in total. The van der Waals surface area contributed by atoms with Gasteiger partial charge in [0.2, 0.25) is 0 Å². The largest absolute Gasteiger partial charge is 0.394 e. The molecule has 4 N–H and O–H groups in total. The summed E-state index contributed by atoms with van der Waals surface area (Å²) in [5.74, 6) is -6.88. The minimum atomic E-state index is -1.31. The molecule has 0 amide bonds. The average Bonchev–Trinajstić information content (AvgIpc) is 4.21. The maximum absolute atomic E-state index is 11.5. The van der Waals surface area contributed by atoms with Crippen LogP contribution in [0.5, 0.6) is 0 Å². The lowest BCUT2D eigenvalue weighted by atomic mass is 9.97. The number of fused-ring (bicyclic) bond motifs is 8. The van der Waals surface area contributed by atoms with E-state index in [1.807, 2.05) is 132 Å². The van der Waals surface area contributed by atoms with Gasteiger partial charge in [0.15, 0.2) is 40.5 Å². The van der Waals surface area contributed by atoms with Crippen LogP contribution in [0.1, 0.15) is 166 Å². The molecule has 77 heavy (non-hydrogen) atoms. The number of hydrogen-bond donors (Lipinski definition) is 4. The number of rotatable bonds is 9. The molecule has 7 saturated heterocycles. The fourth-order valence-corrected chi connectivity index (χ4v) is 12.4. The molecule has 3 aromatic rings. The van der Waals surface area contributed by atoms with Gasteiger partial charge in [0.05, 0.1) is 49.2 Å². The molecule has 12 heterocycles. The fraction of sp³-hybridized carbons (Fsp3) is 0.649. The van der Waals surface area contributed by atoms with E-state index >= 15 is 0 Å². The summed E-state index contributed by atoms with van der Waals surface area (Å²) in [5, 5.41) is 21.9. The highest BCUT2D eigenvalue weighted by molar-refractivity contribution is 5.84. The summed E-state index contributed by atoms with van der Waals surface area (Å²) in [4.78, 5) is 18.6. The van der Waals surface area contributed by atoms with Gasteiger partial charge in [-0.3, -0.25) is 0 Å². The van der Waals surface area contributed by atoms with Crippen LogP contribution in [0.2, 0.25) is 0 Å². The Morgan fingerprint density at radius 2 is 0.727 bits per heavy atom. The van der Waals surface area contributed by atoms with E-state index in [4.69, 9.17) is 76.3 Å². The van der Waals surface area contributed by atoms with E-state index in [9.17, 15) is 10.2 Å². The Hall–Kier alpha value is -4.04. The minimum Gasteiger partial charge on any atom is -0.394 e. The van der Waals surface area contributed by atoms with Gasteiger partial charge < -0.3 is 86.5 Å². The second-order valence-corrected chi connectivity index (χ2v) is 24.6. The summed E-state index contributed by atoms with van der Waals surface area (Å²) in [6, 6.07) is 7.86. The predicted octanol–water partition coefficient (Wildman–Crippen LogP) is 8.23. The molecule has 12 rings (SSSR count). The predicted molar refractivity (Wildman–Crippen MR) is 278 cm³/mol. The Morgan fingerprint density at radius 3 is 1.06 bits per heavy atom. The number of nitrogens with one attached hydrogen (secondary N) is 2. The van der Waals surface area contributed by atoms with Crippen molar-refractivity contribution >= 4 is 46.4 Å². The third kappa shape index (κ3) is 10.1. The lowest BCUT2D eigenvalue weighted by Crippen LogP contribution is -2.35. The van der Waals surface area contributed by atoms with Gasteiger partial charge in [0, 0.05) is 44.3 Å². The number of aliphatic hydroxyl groups is 2. The van der Waals surface area contributed by atoms with Crippen LogP contribution < -0.4 is 0 Å². The molecule has 20 heteroatoms. The van der Waals surface area contributed by atoms with Gasteiger partial charge >= 0.3 is 0 Å². The van der Waals surface area contributed by atoms with Crippen molar-refractivity contribution in [1.29, 1.82) is 0 Å². The molecular weight excluding hydrogens is 997 g/mol. The van der Waals surface area contributed by atoms with Gasteiger partial charge in [-0.1, -0.05) is 0 Å². The van der Waals surface area contributed by atoms with Crippen molar-refractivity contribution in [1.82, 2.24) is 19.9 Å². The number of hydrogen-bond acceptors (Lipinski definition) is 18. The molecule has 0 saturated carbocycles. The minimum absolute atomic E-state index is 0.268. The Bertz CT molecular complexity index is 2890. The summed E-state index contributed by atoms with van der Waals surface area (Å²) in [7, 11) is 0. The van der Waals surface area contributed by atoms with Gasteiger partial charge in [-0.15, -0.1) is 0 Å². The van der Waals surface area contributed by atoms with Crippen LogP contribution in [-0.4, -0.2) is 146 Å². The molecule has 3 aromatic heterocycles. The number of aliphatic hydroxyl groups excluding tert-OH is 2. The van der Waals surface area contributed by atoms with Crippen LogP contribution in [0.25, 0.3) is 46.4 Å². The monoisotopic (exact) mass is 1070 g/mol. The van der Waals surface area contributed by atoms with E-state index in [0.29, 0.717) is 67.1 Å². The SMILES string of the molecule is CC1(C)OC[C@@H]([C@H]2OC(C)(C)O[C@@H]2c2c3nc(c([C@H]4OC(C)(C)O[C@@H]4[C@@H]4COC(C)(C)O4)c4ccc([nH]4)c([C@H]4OC(C)(C)O[C@@H]4C(O)CO)c4ccc([nH]4)c([C@H]4OC(C)(C)O[C@@H]4[C@@H]4COC(C)(C)O4)c4nc2C=C4)C=C3)O1. The second kappa shape index (κ2) is 18.5. The van der Waals surface area contributed by atoms with Crippen LogP contribution in [0.15, 0.2) is 24.3 Å². The normalized spacial score (nSPS) is 35.4. The molecule has 9 aliphatic rings. The molecule has 418 valence electrons. The first kappa shape index (κ1) is 53.6. The summed E-state index contributed by atoms with van der Waals surface area (Å²) in [6.07, 6.45) is -1.10. The van der Waals surface area contributed by atoms with E-state index in [-0.39, 0.29) is 19.8 Å². The van der Waals surface area contributed by atoms with E-state index < -0.39 is 120 Å². The van der Waals surface area contributed by atoms with E-state index in [1.165, 1.54) is 0 Å². The average molecular weight is 1070 g/mol.